The monoisotopic (exact) mass is 307 g/mol. The van der Waals surface area contributed by atoms with E-state index in [1.165, 1.54) is 0 Å². The molecule has 0 aliphatic heterocycles. The Hall–Kier alpha value is -1.38. The molecule has 2 rings (SSSR count). The van der Waals surface area contributed by atoms with E-state index in [2.05, 4.69) is 32.3 Å². The highest BCUT2D eigenvalue weighted by Gasteiger charge is 2.01. The van der Waals surface area contributed by atoms with Crippen LogP contribution in [0.5, 0.6) is 0 Å². The van der Waals surface area contributed by atoms with Gasteiger partial charge < -0.3 is 5.32 Å². The number of aryl methyl sites for hydroxylation is 1. The Balaban J connectivity index is 2.09. The van der Waals surface area contributed by atoms with Gasteiger partial charge in [0, 0.05) is 15.5 Å². The van der Waals surface area contributed by atoms with Gasteiger partial charge >= 0.3 is 0 Å². The molecule has 1 N–H and O–H groups in total. The van der Waals surface area contributed by atoms with E-state index in [-0.39, 0.29) is 0 Å². The molecule has 0 atom stereocenters. The molecule has 5 heteroatoms. The molecule has 0 radical (unpaired) electrons. The smallest absolute Gasteiger partial charge is 0.0992 e. The minimum Gasteiger partial charge on any atom is -0.379 e. The van der Waals surface area contributed by atoms with Crippen LogP contribution in [-0.2, 0) is 6.54 Å². The molecule has 1 aromatic carbocycles. The number of hydrogen-bond acceptors (Lipinski definition) is 4. The molecular weight excluding hydrogens is 298 g/mol. The zero-order chi connectivity index (χ0) is 12.3. The second-order valence-electron chi connectivity index (χ2n) is 3.55. The van der Waals surface area contributed by atoms with Gasteiger partial charge in [-0.2, -0.15) is 5.26 Å². The Morgan fingerprint density at radius 2 is 2.29 bits per heavy atom. The van der Waals surface area contributed by atoms with Gasteiger partial charge in [-0.25, -0.2) is 4.98 Å². The van der Waals surface area contributed by atoms with Crippen molar-refractivity contribution in [2.45, 2.75) is 13.5 Å². The van der Waals surface area contributed by atoms with Gasteiger partial charge in [-0.1, -0.05) is 15.9 Å². The highest BCUT2D eigenvalue weighted by atomic mass is 79.9. The second kappa shape index (κ2) is 5.30. The second-order valence-corrected chi connectivity index (χ2v) is 5.53. The fraction of sp³-hybridized carbons (Fsp3) is 0.167. The lowest BCUT2D eigenvalue weighted by Gasteiger charge is -2.05. The summed E-state index contributed by atoms with van der Waals surface area (Å²) in [6, 6.07) is 7.68. The van der Waals surface area contributed by atoms with Crippen LogP contribution in [0.1, 0.15) is 16.3 Å². The van der Waals surface area contributed by atoms with Gasteiger partial charge in [0.05, 0.1) is 28.9 Å². The maximum atomic E-state index is 8.87. The molecule has 0 amide bonds. The molecule has 0 unspecified atom stereocenters. The summed E-state index contributed by atoms with van der Waals surface area (Å²) in [7, 11) is 0. The van der Waals surface area contributed by atoms with Gasteiger partial charge in [0.1, 0.15) is 0 Å². The molecule has 2 aromatic rings. The van der Waals surface area contributed by atoms with Gasteiger partial charge in [0.15, 0.2) is 0 Å². The fourth-order valence-corrected chi connectivity index (χ4v) is 2.54. The van der Waals surface area contributed by atoms with Gasteiger partial charge in [0.2, 0.25) is 0 Å². The molecule has 86 valence electrons. The van der Waals surface area contributed by atoms with Crippen LogP contribution in [0.25, 0.3) is 0 Å². The van der Waals surface area contributed by atoms with Gasteiger partial charge in [-0.05, 0) is 25.1 Å². The summed E-state index contributed by atoms with van der Waals surface area (Å²) in [5.74, 6) is 0. The third-order valence-electron chi connectivity index (χ3n) is 2.17. The van der Waals surface area contributed by atoms with Gasteiger partial charge in [-0.3, -0.25) is 0 Å². The number of thiazole rings is 1. The minimum atomic E-state index is 0.635. The van der Waals surface area contributed by atoms with Crippen molar-refractivity contribution in [3.8, 4) is 6.07 Å². The molecule has 0 saturated heterocycles. The van der Waals surface area contributed by atoms with Crippen molar-refractivity contribution in [3.63, 3.8) is 0 Å². The average Bonchev–Trinajstić information content (AvgIpc) is 2.72. The molecule has 17 heavy (non-hydrogen) atoms. The van der Waals surface area contributed by atoms with Crippen LogP contribution in [0.4, 0.5) is 5.69 Å². The molecule has 1 aromatic heterocycles. The van der Waals surface area contributed by atoms with Crippen LogP contribution in [0.15, 0.2) is 28.1 Å². The number of hydrogen-bond donors (Lipinski definition) is 1. The molecule has 0 aliphatic rings. The standard InChI is InChI=1S/C12H10BrN3S/c1-8-16-12(7-17-8)6-15-11-3-9(5-14)2-10(13)4-11/h2-4,7,15H,6H2,1H3. The molecule has 3 nitrogen and oxygen atoms in total. The summed E-state index contributed by atoms with van der Waals surface area (Å²) in [6.45, 7) is 2.66. The lowest BCUT2D eigenvalue weighted by Crippen LogP contribution is -2.00. The summed E-state index contributed by atoms with van der Waals surface area (Å²) in [5.41, 5.74) is 2.57. The first-order chi connectivity index (χ1) is 8.17. The van der Waals surface area contributed by atoms with E-state index < -0.39 is 0 Å². The summed E-state index contributed by atoms with van der Waals surface area (Å²) in [6.07, 6.45) is 0. The first-order valence-corrected chi connectivity index (χ1v) is 6.70. The van der Waals surface area contributed by atoms with Crippen LogP contribution in [-0.4, -0.2) is 4.98 Å². The van der Waals surface area contributed by atoms with E-state index in [0.29, 0.717) is 12.1 Å². The van der Waals surface area contributed by atoms with Crippen molar-refractivity contribution in [1.29, 1.82) is 5.26 Å². The van der Waals surface area contributed by atoms with Crippen molar-refractivity contribution < 1.29 is 0 Å². The van der Waals surface area contributed by atoms with Crippen molar-refractivity contribution in [2.24, 2.45) is 0 Å². The first-order valence-electron chi connectivity index (χ1n) is 5.03. The van der Waals surface area contributed by atoms with Crippen LogP contribution >= 0.6 is 27.3 Å². The molecule has 0 spiro atoms. The topological polar surface area (TPSA) is 48.7 Å². The molecule has 1 heterocycles. The number of aromatic nitrogens is 1. The number of anilines is 1. The molecule has 0 fully saturated rings. The summed E-state index contributed by atoms with van der Waals surface area (Å²) in [4.78, 5) is 4.37. The van der Waals surface area contributed by atoms with E-state index in [1.54, 1.807) is 17.4 Å². The quantitative estimate of drug-likeness (QED) is 0.940. The molecular formula is C12H10BrN3S. The van der Waals surface area contributed by atoms with Crippen LogP contribution in [0, 0.1) is 18.3 Å². The molecule has 0 bridgehead atoms. The number of benzene rings is 1. The van der Waals surface area contributed by atoms with Crippen molar-refractivity contribution in [2.75, 3.05) is 5.32 Å². The van der Waals surface area contributed by atoms with E-state index in [9.17, 15) is 0 Å². The predicted molar refractivity (Wildman–Crippen MR) is 73.0 cm³/mol. The Kier molecular flexibility index (Phi) is 3.77. The Labute approximate surface area is 112 Å². The van der Waals surface area contributed by atoms with E-state index in [4.69, 9.17) is 5.26 Å². The lowest BCUT2D eigenvalue weighted by atomic mass is 10.2. The summed E-state index contributed by atoms with van der Waals surface area (Å²) < 4.78 is 0.897. The third kappa shape index (κ3) is 3.29. The number of nitrogens with zero attached hydrogens (tertiary/aromatic N) is 2. The molecule has 0 aliphatic carbocycles. The highest BCUT2D eigenvalue weighted by molar-refractivity contribution is 9.10. The Bertz CT molecular complexity index is 571. The van der Waals surface area contributed by atoms with E-state index in [0.717, 1.165) is 20.9 Å². The lowest BCUT2D eigenvalue weighted by molar-refractivity contribution is 1.05. The third-order valence-corrected chi connectivity index (χ3v) is 3.45. The fourth-order valence-electron chi connectivity index (χ4n) is 1.44. The average molecular weight is 308 g/mol. The minimum absolute atomic E-state index is 0.635. The predicted octanol–water partition coefficient (Wildman–Crippen LogP) is 3.70. The number of nitriles is 1. The van der Waals surface area contributed by atoms with Crippen molar-refractivity contribution in [1.82, 2.24) is 4.98 Å². The van der Waals surface area contributed by atoms with Crippen LogP contribution < -0.4 is 5.32 Å². The zero-order valence-corrected chi connectivity index (χ0v) is 11.6. The summed E-state index contributed by atoms with van der Waals surface area (Å²) in [5, 5.41) is 15.2. The maximum absolute atomic E-state index is 8.87. The van der Waals surface area contributed by atoms with Gasteiger partial charge in [0.25, 0.3) is 0 Å². The largest absolute Gasteiger partial charge is 0.379 e. The summed E-state index contributed by atoms with van der Waals surface area (Å²) >= 11 is 5.02. The normalized spacial score (nSPS) is 9.94. The molecule has 0 saturated carbocycles. The van der Waals surface area contributed by atoms with Crippen molar-refractivity contribution in [3.05, 3.63) is 44.3 Å². The Morgan fingerprint density at radius 3 is 2.94 bits per heavy atom. The van der Waals surface area contributed by atoms with Gasteiger partial charge in [-0.15, -0.1) is 11.3 Å². The number of rotatable bonds is 3. The number of halogens is 1. The van der Waals surface area contributed by atoms with Crippen molar-refractivity contribution >= 4 is 33.0 Å². The first kappa shape index (κ1) is 12.1. The maximum Gasteiger partial charge on any atom is 0.0992 e. The SMILES string of the molecule is Cc1nc(CNc2cc(Br)cc(C#N)c2)cs1. The van der Waals surface area contributed by atoms with Crippen LogP contribution in [0.2, 0.25) is 0 Å². The highest BCUT2D eigenvalue weighted by Crippen LogP contribution is 2.20. The van der Waals surface area contributed by atoms with E-state index >= 15 is 0 Å². The number of nitrogens with one attached hydrogen (secondary N) is 1. The zero-order valence-electron chi connectivity index (χ0n) is 9.20. The van der Waals surface area contributed by atoms with E-state index in [1.807, 2.05) is 24.4 Å². The van der Waals surface area contributed by atoms with Crippen LogP contribution in [0.3, 0.4) is 0 Å². The Morgan fingerprint density at radius 1 is 1.47 bits per heavy atom.